The van der Waals surface area contributed by atoms with Gasteiger partial charge in [0.1, 0.15) is 12.6 Å². The van der Waals surface area contributed by atoms with Crippen molar-refractivity contribution in [2.45, 2.75) is 193 Å². The third-order valence-corrected chi connectivity index (χ3v) is 10.2. The average molecular weight is 838 g/mol. The molecule has 58 heavy (non-hydrogen) atoms. The largest absolute Gasteiger partial charge is 0.480 e. The van der Waals surface area contributed by atoms with Crippen LogP contribution in [0.15, 0.2) is 60.8 Å². The van der Waals surface area contributed by atoms with Gasteiger partial charge in [-0.1, -0.05) is 152 Å². The van der Waals surface area contributed by atoms with Gasteiger partial charge in [-0.05, 0) is 77.0 Å². The summed E-state index contributed by atoms with van der Waals surface area (Å²) in [5.41, 5.74) is 5.33. The smallest absolute Gasteiger partial charge is 0.472 e. The van der Waals surface area contributed by atoms with E-state index in [2.05, 4.69) is 67.0 Å². The van der Waals surface area contributed by atoms with Crippen LogP contribution >= 0.6 is 7.82 Å². The molecule has 3 atom stereocenters. The monoisotopic (exact) mass is 838 g/mol. The number of esters is 2. The number of phosphoric ester groups is 1. The SMILES string of the molecule is CCCCC/C=C/C/C=C/C/C=C/C/C=C/CCCC(=O)O[C@H](COC(=O)CCCCCCCCCCC/C=C/CCCCCC)COP(=O)(O)OC[C@H](N)C(=O)O. The number of nitrogens with two attached hydrogens (primary N) is 1. The second-order valence-corrected chi connectivity index (χ2v) is 16.3. The number of aliphatic carboxylic acids is 1. The second-order valence-electron chi connectivity index (χ2n) is 14.8. The maximum Gasteiger partial charge on any atom is 0.472 e. The van der Waals surface area contributed by atoms with Crippen molar-refractivity contribution in [3.63, 3.8) is 0 Å². The second kappa shape index (κ2) is 40.9. The molecular formula is C46H80NO10P. The summed E-state index contributed by atoms with van der Waals surface area (Å²) in [6.07, 6.45) is 47.2. The van der Waals surface area contributed by atoms with E-state index in [1.165, 1.54) is 89.9 Å². The van der Waals surface area contributed by atoms with Gasteiger partial charge in [-0.3, -0.25) is 23.4 Å². The molecule has 4 N–H and O–H groups in total. The topological polar surface area (TPSA) is 172 Å². The van der Waals surface area contributed by atoms with Crippen LogP contribution in [0.2, 0.25) is 0 Å². The standard InChI is InChI=1S/C46H80NO10P/c1-3-5-7-9-11-13-15-17-19-21-23-25-27-29-31-33-35-37-44(48)54-39-42(40-55-58(52,53)56-41-43(47)46(50)51)57-45(49)38-36-34-32-30-28-26-24-22-20-18-16-14-12-10-8-6-4-2/h12-15,18,20,24,26,30,32,42-43H,3-11,16-17,19,21-23,25,27-29,31,33-41,47H2,1-2H3,(H,50,51)(H,52,53)/b14-12+,15-13+,20-18+,26-24+,32-30+/t42-,43+/m1/s1. The van der Waals surface area contributed by atoms with E-state index < -0.39 is 51.1 Å². The molecule has 0 aromatic carbocycles. The maximum absolute atomic E-state index is 12.6. The van der Waals surface area contributed by atoms with Crippen molar-refractivity contribution in [1.82, 2.24) is 0 Å². The first-order valence-electron chi connectivity index (χ1n) is 22.3. The molecule has 0 radical (unpaired) electrons. The summed E-state index contributed by atoms with van der Waals surface area (Å²) < 4.78 is 32.6. The first kappa shape index (κ1) is 55.2. The minimum Gasteiger partial charge on any atom is -0.480 e. The molecule has 0 amide bonds. The highest BCUT2D eigenvalue weighted by Gasteiger charge is 2.28. The minimum absolute atomic E-state index is 0.0832. The third-order valence-electron chi connectivity index (χ3n) is 9.24. The number of ether oxygens (including phenoxy) is 2. The molecule has 0 aliphatic carbocycles. The zero-order valence-electron chi connectivity index (χ0n) is 36.1. The maximum atomic E-state index is 12.6. The van der Waals surface area contributed by atoms with E-state index in [4.69, 9.17) is 24.8 Å². The van der Waals surface area contributed by atoms with Crippen molar-refractivity contribution in [2.75, 3.05) is 19.8 Å². The van der Waals surface area contributed by atoms with Crippen LogP contribution in [0.25, 0.3) is 0 Å². The zero-order valence-corrected chi connectivity index (χ0v) is 37.0. The van der Waals surface area contributed by atoms with E-state index in [1.54, 1.807) is 0 Å². The molecular weight excluding hydrogens is 757 g/mol. The fourth-order valence-electron chi connectivity index (χ4n) is 5.70. The summed E-state index contributed by atoms with van der Waals surface area (Å²) in [5.74, 6) is -2.46. The summed E-state index contributed by atoms with van der Waals surface area (Å²) in [6, 6.07) is -1.53. The lowest BCUT2D eigenvalue weighted by Gasteiger charge is -2.20. The third kappa shape index (κ3) is 40.0. The normalized spacial score (nSPS) is 14.3. The first-order valence-corrected chi connectivity index (χ1v) is 23.8. The Morgan fingerprint density at radius 3 is 1.47 bits per heavy atom. The van der Waals surface area contributed by atoms with Crippen molar-refractivity contribution >= 4 is 25.7 Å². The molecule has 0 bridgehead atoms. The number of allylic oxidation sites excluding steroid dienone is 10. The van der Waals surface area contributed by atoms with Gasteiger partial charge in [-0.15, -0.1) is 0 Å². The van der Waals surface area contributed by atoms with E-state index in [9.17, 15) is 23.8 Å². The number of carbonyl (C=O) groups is 3. The van der Waals surface area contributed by atoms with Crippen molar-refractivity contribution in [3.05, 3.63) is 60.8 Å². The average Bonchev–Trinajstić information content (AvgIpc) is 3.20. The van der Waals surface area contributed by atoms with Gasteiger partial charge in [0, 0.05) is 12.8 Å². The number of carboxylic acid groups (broad SMARTS) is 1. The predicted octanol–water partition coefficient (Wildman–Crippen LogP) is 12.0. The zero-order chi connectivity index (χ0) is 42.8. The van der Waals surface area contributed by atoms with Gasteiger partial charge in [0.2, 0.25) is 0 Å². The molecule has 0 aliphatic rings. The molecule has 0 spiro atoms. The van der Waals surface area contributed by atoms with Crippen LogP contribution in [-0.2, 0) is 37.5 Å². The number of rotatable bonds is 41. The number of hydrogen-bond acceptors (Lipinski definition) is 9. The van der Waals surface area contributed by atoms with Gasteiger partial charge in [0.15, 0.2) is 6.10 Å². The molecule has 0 aromatic rings. The Kier molecular flexibility index (Phi) is 38.9. The summed E-state index contributed by atoms with van der Waals surface area (Å²) in [6.45, 7) is 2.70. The van der Waals surface area contributed by atoms with Crippen molar-refractivity contribution < 1.29 is 47.5 Å². The first-order chi connectivity index (χ1) is 28.1. The number of carboxylic acids is 1. The summed E-state index contributed by atoms with van der Waals surface area (Å²) in [4.78, 5) is 46.0. The van der Waals surface area contributed by atoms with Gasteiger partial charge in [0.05, 0.1) is 13.2 Å². The van der Waals surface area contributed by atoms with Crippen LogP contribution in [0.4, 0.5) is 0 Å². The molecule has 0 heterocycles. The van der Waals surface area contributed by atoms with Gasteiger partial charge in [-0.2, -0.15) is 0 Å². The summed E-state index contributed by atoms with van der Waals surface area (Å²) in [7, 11) is -4.73. The summed E-state index contributed by atoms with van der Waals surface area (Å²) in [5, 5.41) is 8.89. The molecule has 11 nitrogen and oxygen atoms in total. The number of phosphoric acid groups is 1. The molecule has 0 fully saturated rings. The van der Waals surface area contributed by atoms with Crippen LogP contribution in [-0.4, -0.2) is 59.9 Å². The Bertz CT molecular complexity index is 1210. The van der Waals surface area contributed by atoms with Crippen molar-refractivity contribution in [1.29, 1.82) is 0 Å². The van der Waals surface area contributed by atoms with Gasteiger partial charge < -0.3 is 25.2 Å². The molecule has 0 saturated heterocycles. The van der Waals surface area contributed by atoms with Crippen molar-refractivity contribution in [2.24, 2.45) is 5.73 Å². The van der Waals surface area contributed by atoms with Crippen LogP contribution < -0.4 is 5.73 Å². The Morgan fingerprint density at radius 2 is 0.931 bits per heavy atom. The lowest BCUT2D eigenvalue weighted by molar-refractivity contribution is -0.161. The Hall–Kier alpha value is -2.82. The van der Waals surface area contributed by atoms with E-state index in [-0.39, 0.29) is 19.4 Å². The molecule has 334 valence electrons. The predicted molar refractivity (Wildman–Crippen MR) is 235 cm³/mol. The van der Waals surface area contributed by atoms with Crippen molar-refractivity contribution in [3.8, 4) is 0 Å². The molecule has 12 heteroatoms. The number of hydrogen-bond donors (Lipinski definition) is 3. The van der Waals surface area contributed by atoms with Crippen LogP contribution in [0, 0.1) is 0 Å². The Balaban J connectivity index is 4.44. The fourth-order valence-corrected chi connectivity index (χ4v) is 6.48. The van der Waals surface area contributed by atoms with Crippen LogP contribution in [0.3, 0.4) is 0 Å². The number of carbonyl (C=O) groups excluding carboxylic acids is 2. The highest BCUT2D eigenvalue weighted by molar-refractivity contribution is 7.47. The van der Waals surface area contributed by atoms with Gasteiger partial charge in [-0.25, -0.2) is 4.57 Å². The number of unbranched alkanes of at least 4 members (excludes halogenated alkanes) is 17. The van der Waals surface area contributed by atoms with Gasteiger partial charge >= 0.3 is 25.7 Å². The molecule has 0 saturated carbocycles. The van der Waals surface area contributed by atoms with Crippen LogP contribution in [0.1, 0.15) is 181 Å². The lowest BCUT2D eigenvalue weighted by atomic mass is 10.1. The van der Waals surface area contributed by atoms with Gasteiger partial charge in [0.25, 0.3) is 0 Å². The van der Waals surface area contributed by atoms with E-state index in [0.717, 1.165) is 44.9 Å². The quantitative estimate of drug-likeness (QED) is 0.0231. The minimum atomic E-state index is -4.73. The van der Waals surface area contributed by atoms with Crippen LogP contribution in [0.5, 0.6) is 0 Å². The Morgan fingerprint density at radius 1 is 0.534 bits per heavy atom. The molecule has 1 unspecified atom stereocenters. The highest BCUT2D eigenvalue weighted by atomic mass is 31.2. The highest BCUT2D eigenvalue weighted by Crippen LogP contribution is 2.43. The van der Waals surface area contributed by atoms with E-state index >= 15 is 0 Å². The fraction of sp³-hybridized carbons (Fsp3) is 0.717. The molecule has 0 rings (SSSR count). The lowest BCUT2D eigenvalue weighted by Crippen LogP contribution is -2.34. The molecule has 0 aliphatic heterocycles. The van der Waals surface area contributed by atoms with E-state index in [0.29, 0.717) is 19.3 Å². The Labute approximate surface area is 351 Å². The van der Waals surface area contributed by atoms with E-state index in [1.807, 2.05) is 12.2 Å². The molecule has 0 aromatic heterocycles. The summed E-state index contributed by atoms with van der Waals surface area (Å²) >= 11 is 0.